The second kappa shape index (κ2) is 5.27. The highest BCUT2D eigenvalue weighted by Crippen LogP contribution is 2.54. The smallest absolute Gasteiger partial charge is 0.227 e. The van der Waals surface area contributed by atoms with Crippen LogP contribution in [-0.2, 0) is 16.0 Å². The van der Waals surface area contributed by atoms with Gasteiger partial charge in [0.15, 0.2) is 0 Å². The number of fused-ring (bicyclic) bond motifs is 1. The van der Waals surface area contributed by atoms with E-state index in [1.807, 2.05) is 24.3 Å². The molecule has 2 saturated carbocycles. The lowest BCUT2D eigenvalue weighted by atomic mass is 10.0. The molecular formula is C16H20N2O2. The molecule has 2 amide bonds. The van der Waals surface area contributed by atoms with E-state index in [4.69, 9.17) is 0 Å². The molecule has 20 heavy (non-hydrogen) atoms. The van der Waals surface area contributed by atoms with Gasteiger partial charge in [0, 0.05) is 18.7 Å². The number of hydrogen-bond acceptors (Lipinski definition) is 2. The molecule has 0 bridgehead atoms. The molecule has 1 aromatic carbocycles. The van der Waals surface area contributed by atoms with E-state index in [2.05, 4.69) is 10.6 Å². The second-order valence-corrected chi connectivity index (χ2v) is 5.92. The molecule has 0 aromatic heterocycles. The summed E-state index contributed by atoms with van der Waals surface area (Å²) in [6, 6.07) is 7.52. The summed E-state index contributed by atoms with van der Waals surface area (Å²) >= 11 is 0. The average molecular weight is 272 g/mol. The predicted molar refractivity (Wildman–Crippen MR) is 77.2 cm³/mol. The minimum absolute atomic E-state index is 0.0474. The lowest BCUT2D eigenvalue weighted by Gasteiger charge is -2.15. The van der Waals surface area contributed by atoms with Gasteiger partial charge < -0.3 is 10.6 Å². The van der Waals surface area contributed by atoms with Crippen LogP contribution in [0.15, 0.2) is 24.3 Å². The van der Waals surface area contributed by atoms with Crippen LogP contribution in [0.25, 0.3) is 0 Å². The van der Waals surface area contributed by atoms with Crippen LogP contribution in [0.2, 0.25) is 0 Å². The molecule has 3 rings (SSSR count). The van der Waals surface area contributed by atoms with Crippen molar-refractivity contribution < 1.29 is 9.59 Å². The van der Waals surface area contributed by atoms with Crippen LogP contribution >= 0.6 is 0 Å². The van der Waals surface area contributed by atoms with E-state index >= 15 is 0 Å². The zero-order chi connectivity index (χ0) is 14.1. The highest BCUT2D eigenvalue weighted by Gasteiger charge is 2.48. The fourth-order valence-corrected chi connectivity index (χ4v) is 3.22. The van der Waals surface area contributed by atoms with Gasteiger partial charge in [0.25, 0.3) is 0 Å². The van der Waals surface area contributed by atoms with Crippen molar-refractivity contribution in [1.29, 1.82) is 0 Å². The molecule has 0 radical (unpaired) electrons. The number of para-hydroxylation sites is 1. The Labute approximate surface area is 118 Å². The second-order valence-electron chi connectivity index (χ2n) is 5.92. The highest BCUT2D eigenvalue weighted by molar-refractivity contribution is 5.94. The number of carbonyl (C=O) groups is 2. The van der Waals surface area contributed by atoms with E-state index in [1.165, 1.54) is 6.42 Å². The van der Waals surface area contributed by atoms with Gasteiger partial charge >= 0.3 is 0 Å². The number of carbonyl (C=O) groups excluding carboxylic acids is 2. The molecule has 1 aromatic rings. The van der Waals surface area contributed by atoms with Crippen LogP contribution in [-0.4, -0.2) is 18.9 Å². The summed E-state index contributed by atoms with van der Waals surface area (Å²) in [5.41, 5.74) is 1.63. The first-order valence-corrected chi connectivity index (χ1v) is 7.26. The van der Waals surface area contributed by atoms with Crippen molar-refractivity contribution in [2.24, 2.45) is 17.8 Å². The highest BCUT2D eigenvalue weighted by atomic mass is 16.2. The third-order valence-corrected chi connectivity index (χ3v) is 4.52. The van der Waals surface area contributed by atoms with E-state index in [9.17, 15) is 9.59 Å². The summed E-state index contributed by atoms with van der Waals surface area (Å²) in [6.45, 7) is 0. The Morgan fingerprint density at radius 3 is 2.55 bits per heavy atom. The van der Waals surface area contributed by atoms with Gasteiger partial charge in [0.05, 0.1) is 6.42 Å². The zero-order valence-corrected chi connectivity index (χ0v) is 11.7. The maximum absolute atomic E-state index is 12.3. The Balaban J connectivity index is 1.66. The minimum atomic E-state index is -0.0474. The first-order valence-electron chi connectivity index (χ1n) is 7.26. The molecule has 0 heterocycles. The Bertz CT molecular complexity index is 531. The number of rotatable bonds is 4. The molecule has 2 atom stereocenters. The van der Waals surface area contributed by atoms with Crippen molar-refractivity contribution in [2.75, 3.05) is 12.4 Å². The maximum atomic E-state index is 12.3. The van der Waals surface area contributed by atoms with E-state index < -0.39 is 0 Å². The number of anilines is 1. The number of amides is 2. The molecule has 2 fully saturated rings. The average Bonchev–Trinajstić information content (AvgIpc) is 3.07. The van der Waals surface area contributed by atoms with Gasteiger partial charge in [-0.15, -0.1) is 0 Å². The van der Waals surface area contributed by atoms with E-state index in [0.717, 1.165) is 35.9 Å². The first-order chi connectivity index (χ1) is 9.67. The number of benzene rings is 1. The van der Waals surface area contributed by atoms with Crippen molar-refractivity contribution in [3.05, 3.63) is 29.8 Å². The molecule has 2 aliphatic carbocycles. The fraction of sp³-hybridized carbons (Fsp3) is 0.500. The van der Waals surface area contributed by atoms with Gasteiger partial charge in [-0.25, -0.2) is 0 Å². The van der Waals surface area contributed by atoms with Gasteiger partial charge in [0.2, 0.25) is 11.8 Å². The van der Waals surface area contributed by atoms with Crippen molar-refractivity contribution in [3.63, 3.8) is 0 Å². The Hall–Kier alpha value is -1.84. The third kappa shape index (κ3) is 2.69. The molecule has 2 N–H and O–H groups in total. The van der Waals surface area contributed by atoms with Gasteiger partial charge in [-0.2, -0.15) is 0 Å². The molecular weight excluding hydrogens is 252 g/mol. The van der Waals surface area contributed by atoms with Gasteiger partial charge in [-0.3, -0.25) is 9.59 Å². The first kappa shape index (κ1) is 13.2. The van der Waals surface area contributed by atoms with Gasteiger partial charge in [-0.05, 0) is 42.7 Å². The third-order valence-electron chi connectivity index (χ3n) is 4.52. The van der Waals surface area contributed by atoms with Crippen molar-refractivity contribution in [2.45, 2.75) is 25.7 Å². The molecule has 0 aliphatic heterocycles. The summed E-state index contributed by atoms with van der Waals surface area (Å²) < 4.78 is 0. The van der Waals surface area contributed by atoms with Gasteiger partial charge in [-0.1, -0.05) is 18.2 Å². The predicted octanol–water partition coefficient (Wildman–Crippen LogP) is 1.96. The molecule has 2 aliphatic rings. The molecule has 2 unspecified atom stereocenters. The number of hydrogen-bond donors (Lipinski definition) is 2. The monoisotopic (exact) mass is 272 g/mol. The van der Waals surface area contributed by atoms with Crippen LogP contribution in [0.3, 0.4) is 0 Å². The Kier molecular flexibility index (Phi) is 3.47. The fourth-order valence-electron chi connectivity index (χ4n) is 3.22. The Morgan fingerprint density at radius 2 is 1.85 bits per heavy atom. The Morgan fingerprint density at radius 1 is 1.15 bits per heavy atom. The minimum Gasteiger partial charge on any atom is -0.359 e. The number of nitrogens with one attached hydrogen (secondary N) is 2. The molecule has 4 nitrogen and oxygen atoms in total. The maximum Gasteiger partial charge on any atom is 0.227 e. The summed E-state index contributed by atoms with van der Waals surface area (Å²) in [5.74, 6) is 1.82. The van der Waals surface area contributed by atoms with E-state index in [1.54, 1.807) is 7.05 Å². The SMILES string of the molecule is CNC(=O)Cc1ccccc1NC(=O)C1CC2CC2C1. The normalized spacial score (nSPS) is 26.8. The molecule has 0 spiro atoms. The zero-order valence-electron chi connectivity index (χ0n) is 11.7. The lowest BCUT2D eigenvalue weighted by Crippen LogP contribution is -2.24. The van der Waals surface area contributed by atoms with Crippen LogP contribution < -0.4 is 10.6 Å². The summed E-state index contributed by atoms with van der Waals surface area (Å²) in [6.07, 6.45) is 3.68. The van der Waals surface area contributed by atoms with Crippen molar-refractivity contribution in [1.82, 2.24) is 5.32 Å². The quantitative estimate of drug-likeness (QED) is 0.880. The standard InChI is InChI=1S/C16H20N2O2/c1-17-15(19)9-10-4-2-3-5-14(10)18-16(20)13-7-11-6-12(11)8-13/h2-5,11-13H,6-9H2,1H3,(H,17,19)(H,18,20). The largest absolute Gasteiger partial charge is 0.359 e. The van der Waals surface area contributed by atoms with E-state index in [0.29, 0.717) is 6.42 Å². The van der Waals surface area contributed by atoms with Crippen molar-refractivity contribution >= 4 is 17.5 Å². The van der Waals surface area contributed by atoms with Crippen molar-refractivity contribution in [3.8, 4) is 0 Å². The summed E-state index contributed by atoms with van der Waals surface area (Å²) in [4.78, 5) is 23.8. The van der Waals surface area contributed by atoms with Crippen LogP contribution in [0.4, 0.5) is 5.69 Å². The van der Waals surface area contributed by atoms with Gasteiger partial charge in [0.1, 0.15) is 0 Å². The summed E-state index contributed by atoms with van der Waals surface area (Å²) in [5, 5.41) is 5.61. The topological polar surface area (TPSA) is 58.2 Å². The van der Waals surface area contributed by atoms with Crippen LogP contribution in [0.5, 0.6) is 0 Å². The molecule has 106 valence electrons. The van der Waals surface area contributed by atoms with Crippen LogP contribution in [0, 0.1) is 17.8 Å². The van der Waals surface area contributed by atoms with Crippen LogP contribution in [0.1, 0.15) is 24.8 Å². The summed E-state index contributed by atoms with van der Waals surface area (Å²) in [7, 11) is 1.62. The number of likely N-dealkylation sites (N-methyl/N-ethyl adjacent to an activating group) is 1. The van der Waals surface area contributed by atoms with E-state index in [-0.39, 0.29) is 17.7 Å². The molecule has 0 saturated heterocycles. The lowest BCUT2D eigenvalue weighted by molar-refractivity contribution is -0.121. The molecule has 4 heteroatoms.